The summed E-state index contributed by atoms with van der Waals surface area (Å²) in [6, 6.07) is 6.86. The number of nitrogens with zero attached hydrogens (tertiary/aromatic N) is 1. The molecule has 0 aliphatic carbocycles. The molecule has 0 bridgehead atoms. The minimum Gasteiger partial charge on any atom is -0.497 e. The van der Waals surface area contributed by atoms with Crippen molar-refractivity contribution in [3.05, 3.63) is 29.8 Å². The molecule has 6 heteroatoms. The highest BCUT2D eigenvalue weighted by Crippen LogP contribution is 2.21. The summed E-state index contributed by atoms with van der Waals surface area (Å²) in [5.41, 5.74) is 0.520. The maximum atomic E-state index is 12.1. The third-order valence-corrected chi connectivity index (χ3v) is 5.48. The van der Waals surface area contributed by atoms with Crippen LogP contribution in [0.2, 0.25) is 0 Å². The largest absolute Gasteiger partial charge is 0.497 e. The standard InChI is InChI=1S/C13H17NO4S/c1-3-19(16,17)12-8-14(9-12)13(15)10-5-4-6-11(7-10)18-2/h4-7,12H,3,8-9H2,1-2H3. The van der Waals surface area contributed by atoms with E-state index in [1.54, 1.807) is 36.1 Å². The van der Waals surface area contributed by atoms with Crippen LogP contribution < -0.4 is 4.74 Å². The lowest BCUT2D eigenvalue weighted by molar-refractivity contribution is 0.0658. The van der Waals surface area contributed by atoms with Gasteiger partial charge in [-0.15, -0.1) is 0 Å². The topological polar surface area (TPSA) is 63.7 Å². The first-order valence-corrected chi connectivity index (χ1v) is 7.84. The average molecular weight is 283 g/mol. The van der Waals surface area contributed by atoms with E-state index in [9.17, 15) is 13.2 Å². The number of amides is 1. The first-order valence-electron chi connectivity index (χ1n) is 6.13. The summed E-state index contributed by atoms with van der Waals surface area (Å²) in [6.07, 6.45) is 0. The maximum Gasteiger partial charge on any atom is 0.254 e. The molecule has 1 fully saturated rings. The van der Waals surface area contributed by atoms with Gasteiger partial charge in [0.2, 0.25) is 0 Å². The fraction of sp³-hybridized carbons (Fsp3) is 0.462. The van der Waals surface area contributed by atoms with Crippen molar-refractivity contribution in [2.75, 3.05) is 26.0 Å². The molecule has 1 aliphatic rings. The molecule has 1 aliphatic heterocycles. The SMILES string of the molecule is CCS(=O)(=O)C1CN(C(=O)c2cccc(OC)c2)C1. The first kappa shape index (κ1) is 13.9. The van der Waals surface area contributed by atoms with Crippen LogP contribution in [0.4, 0.5) is 0 Å². The van der Waals surface area contributed by atoms with Crippen molar-refractivity contribution in [1.82, 2.24) is 4.90 Å². The Labute approximate surface area is 113 Å². The van der Waals surface area contributed by atoms with Gasteiger partial charge in [-0.3, -0.25) is 4.79 Å². The van der Waals surface area contributed by atoms with E-state index in [0.29, 0.717) is 11.3 Å². The Balaban J connectivity index is 2.04. The summed E-state index contributed by atoms with van der Waals surface area (Å²) in [5, 5.41) is -0.410. The third-order valence-electron chi connectivity index (χ3n) is 3.36. The van der Waals surface area contributed by atoms with Crippen molar-refractivity contribution >= 4 is 15.7 Å². The van der Waals surface area contributed by atoms with Gasteiger partial charge in [0.05, 0.1) is 12.4 Å². The minimum atomic E-state index is -3.04. The van der Waals surface area contributed by atoms with Crippen molar-refractivity contribution in [3.8, 4) is 5.75 Å². The van der Waals surface area contributed by atoms with Crippen molar-refractivity contribution in [2.45, 2.75) is 12.2 Å². The second-order valence-electron chi connectivity index (χ2n) is 4.52. The van der Waals surface area contributed by atoms with Gasteiger partial charge in [0.25, 0.3) is 5.91 Å². The minimum absolute atomic E-state index is 0.124. The van der Waals surface area contributed by atoms with Crippen LogP contribution in [-0.2, 0) is 9.84 Å². The molecule has 0 atom stereocenters. The van der Waals surface area contributed by atoms with Crippen LogP contribution in [0.25, 0.3) is 0 Å². The van der Waals surface area contributed by atoms with E-state index in [0.717, 1.165) is 0 Å². The van der Waals surface area contributed by atoms with Crippen molar-refractivity contribution in [1.29, 1.82) is 0 Å². The Bertz CT molecular complexity index is 576. The molecular formula is C13H17NO4S. The number of sulfone groups is 1. The van der Waals surface area contributed by atoms with Gasteiger partial charge in [-0.1, -0.05) is 13.0 Å². The van der Waals surface area contributed by atoms with Gasteiger partial charge in [0.15, 0.2) is 9.84 Å². The fourth-order valence-corrected chi connectivity index (χ4v) is 3.29. The number of hydrogen-bond acceptors (Lipinski definition) is 4. The quantitative estimate of drug-likeness (QED) is 0.825. The van der Waals surface area contributed by atoms with Crippen LogP contribution in [0.15, 0.2) is 24.3 Å². The Kier molecular flexibility index (Phi) is 3.80. The summed E-state index contributed by atoms with van der Waals surface area (Å²) in [5.74, 6) is 0.587. The molecule has 0 N–H and O–H groups in total. The Morgan fingerprint density at radius 2 is 2.11 bits per heavy atom. The monoisotopic (exact) mass is 283 g/mol. The molecule has 0 radical (unpaired) electrons. The van der Waals surface area contributed by atoms with Gasteiger partial charge in [-0.25, -0.2) is 8.42 Å². The van der Waals surface area contributed by atoms with Crippen LogP contribution in [-0.4, -0.2) is 50.4 Å². The van der Waals surface area contributed by atoms with E-state index in [-0.39, 0.29) is 24.7 Å². The van der Waals surface area contributed by atoms with E-state index in [2.05, 4.69) is 0 Å². The Morgan fingerprint density at radius 1 is 1.42 bits per heavy atom. The normalized spacial score (nSPS) is 16.0. The molecule has 1 aromatic rings. The van der Waals surface area contributed by atoms with Crippen molar-refractivity contribution < 1.29 is 17.9 Å². The second kappa shape index (κ2) is 5.21. The fourth-order valence-electron chi connectivity index (χ4n) is 2.01. The smallest absolute Gasteiger partial charge is 0.254 e. The van der Waals surface area contributed by atoms with E-state index in [4.69, 9.17) is 4.74 Å². The molecule has 2 rings (SSSR count). The van der Waals surface area contributed by atoms with E-state index in [1.165, 1.54) is 7.11 Å². The zero-order valence-electron chi connectivity index (χ0n) is 11.0. The highest BCUT2D eigenvalue weighted by atomic mass is 32.2. The molecular weight excluding hydrogens is 266 g/mol. The predicted molar refractivity (Wildman–Crippen MR) is 72.1 cm³/mol. The highest BCUT2D eigenvalue weighted by Gasteiger charge is 2.38. The van der Waals surface area contributed by atoms with E-state index in [1.807, 2.05) is 0 Å². The number of methoxy groups -OCH3 is 1. The molecule has 104 valence electrons. The summed E-state index contributed by atoms with van der Waals surface area (Å²) in [7, 11) is -1.50. The zero-order chi connectivity index (χ0) is 14.0. The number of carbonyl (C=O) groups excluding carboxylic acids is 1. The highest BCUT2D eigenvalue weighted by molar-refractivity contribution is 7.92. The van der Waals surface area contributed by atoms with Crippen molar-refractivity contribution in [3.63, 3.8) is 0 Å². The van der Waals surface area contributed by atoms with Gasteiger partial charge in [-0.05, 0) is 18.2 Å². The van der Waals surface area contributed by atoms with Gasteiger partial charge < -0.3 is 9.64 Å². The summed E-state index contributed by atoms with van der Waals surface area (Å²) in [4.78, 5) is 13.7. The zero-order valence-corrected chi connectivity index (χ0v) is 11.8. The second-order valence-corrected chi connectivity index (χ2v) is 7.09. The first-order chi connectivity index (χ1) is 8.97. The number of hydrogen-bond donors (Lipinski definition) is 0. The molecule has 19 heavy (non-hydrogen) atoms. The van der Waals surface area contributed by atoms with Gasteiger partial charge in [0.1, 0.15) is 5.75 Å². The van der Waals surface area contributed by atoms with Crippen LogP contribution in [0.1, 0.15) is 17.3 Å². The molecule has 0 aromatic heterocycles. The van der Waals surface area contributed by atoms with Gasteiger partial charge >= 0.3 is 0 Å². The van der Waals surface area contributed by atoms with E-state index >= 15 is 0 Å². The molecule has 1 amide bonds. The van der Waals surface area contributed by atoms with Crippen LogP contribution in [0.5, 0.6) is 5.75 Å². The molecule has 1 saturated heterocycles. The molecule has 1 heterocycles. The van der Waals surface area contributed by atoms with Crippen LogP contribution >= 0.6 is 0 Å². The average Bonchev–Trinajstić information content (AvgIpc) is 2.36. The number of ether oxygens (including phenoxy) is 1. The van der Waals surface area contributed by atoms with Gasteiger partial charge in [-0.2, -0.15) is 0 Å². The summed E-state index contributed by atoms with van der Waals surface area (Å²) in [6.45, 7) is 2.19. The lowest BCUT2D eigenvalue weighted by atomic mass is 10.1. The van der Waals surface area contributed by atoms with Crippen molar-refractivity contribution in [2.24, 2.45) is 0 Å². The maximum absolute atomic E-state index is 12.1. The molecule has 1 aromatic carbocycles. The molecule has 5 nitrogen and oxygen atoms in total. The number of carbonyl (C=O) groups is 1. The number of rotatable bonds is 4. The summed E-state index contributed by atoms with van der Waals surface area (Å²) < 4.78 is 28.3. The van der Waals surface area contributed by atoms with E-state index < -0.39 is 15.1 Å². The van der Waals surface area contributed by atoms with Gasteiger partial charge in [0, 0.05) is 24.4 Å². The third kappa shape index (κ3) is 2.73. The van der Waals surface area contributed by atoms with Crippen LogP contribution in [0, 0.1) is 0 Å². The van der Waals surface area contributed by atoms with Crippen LogP contribution in [0.3, 0.4) is 0 Å². The Hall–Kier alpha value is -1.56. The molecule has 0 spiro atoms. The molecule has 0 unspecified atom stereocenters. The number of benzene rings is 1. The number of likely N-dealkylation sites (tertiary alicyclic amines) is 1. The predicted octanol–water partition coefficient (Wildman–Crippen LogP) is 0.954. The lowest BCUT2D eigenvalue weighted by Crippen LogP contribution is -2.57. The molecule has 0 saturated carbocycles. The Morgan fingerprint density at radius 3 is 2.68 bits per heavy atom. The lowest BCUT2D eigenvalue weighted by Gasteiger charge is -2.38. The summed E-state index contributed by atoms with van der Waals surface area (Å²) >= 11 is 0.